The third kappa shape index (κ3) is 2.35. The van der Waals surface area contributed by atoms with Crippen LogP contribution in [0, 0.1) is 0 Å². The first kappa shape index (κ1) is 9.73. The highest BCUT2D eigenvalue weighted by molar-refractivity contribution is 5.56. The van der Waals surface area contributed by atoms with E-state index in [2.05, 4.69) is 15.0 Å². The third-order valence-corrected chi connectivity index (χ3v) is 2.04. The molecular formula is C11H12N4. The van der Waals surface area contributed by atoms with E-state index in [1.807, 2.05) is 12.1 Å². The Balaban J connectivity index is 2.33. The minimum absolute atomic E-state index is 0.588. The monoisotopic (exact) mass is 200 g/mol. The molecule has 2 heterocycles. The van der Waals surface area contributed by atoms with Gasteiger partial charge in [0.25, 0.3) is 0 Å². The summed E-state index contributed by atoms with van der Waals surface area (Å²) < 4.78 is 0. The lowest BCUT2D eigenvalue weighted by molar-refractivity contribution is 0.910. The standard InChI is InChI=1S/C11H12N4/c12-4-3-10-7-14-8-11(15-10)9-2-1-5-13-6-9/h1-2,5-8H,3-4,12H2. The van der Waals surface area contributed by atoms with E-state index in [4.69, 9.17) is 5.73 Å². The third-order valence-electron chi connectivity index (χ3n) is 2.04. The summed E-state index contributed by atoms with van der Waals surface area (Å²) in [6.45, 7) is 0.588. The lowest BCUT2D eigenvalue weighted by Crippen LogP contribution is -2.05. The van der Waals surface area contributed by atoms with Crippen molar-refractivity contribution in [1.29, 1.82) is 0 Å². The summed E-state index contributed by atoms with van der Waals surface area (Å²) in [5.41, 5.74) is 8.20. The maximum atomic E-state index is 5.47. The van der Waals surface area contributed by atoms with Gasteiger partial charge in [-0.2, -0.15) is 0 Å². The van der Waals surface area contributed by atoms with Crippen molar-refractivity contribution in [3.8, 4) is 11.3 Å². The van der Waals surface area contributed by atoms with Crippen LogP contribution in [-0.4, -0.2) is 21.5 Å². The topological polar surface area (TPSA) is 64.7 Å². The van der Waals surface area contributed by atoms with Gasteiger partial charge in [0, 0.05) is 30.6 Å². The largest absolute Gasteiger partial charge is 0.330 e. The van der Waals surface area contributed by atoms with Crippen LogP contribution in [0.25, 0.3) is 11.3 Å². The van der Waals surface area contributed by atoms with E-state index in [-0.39, 0.29) is 0 Å². The summed E-state index contributed by atoms with van der Waals surface area (Å²) in [6.07, 6.45) is 7.74. The Hall–Kier alpha value is -1.81. The molecule has 0 radical (unpaired) electrons. The highest BCUT2D eigenvalue weighted by Crippen LogP contribution is 2.13. The van der Waals surface area contributed by atoms with Gasteiger partial charge in [-0.1, -0.05) is 0 Å². The Morgan fingerprint density at radius 3 is 2.80 bits per heavy atom. The Morgan fingerprint density at radius 1 is 1.13 bits per heavy atom. The van der Waals surface area contributed by atoms with Gasteiger partial charge in [-0.15, -0.1) is 0 Å². The van der Waals surface area contributed by atoms with Gasteiger partial charge in [0.2, 0.25) is 0 Å². The predicted molar refractivity (Wildman–Crippen MR) is 58.0 cm³/mol. The van der Waals surface area contributed by atoms with Gasteiger partial charge in [0.1, 0.15) is 0 Å². The molecule has 0 aliphatic heterocycles. The molecule has 0 bridgehead atoms. The fourth-order valence-electron chi connectivity index (χ4n) is 1.33. The Bertz CT molecular complexity index is 428. The van der Waals surface area contributed by atoms with Crippen molar-refractivity contribution in [3.05, 3.63) is 42.6 Å². The second-order valence-corrected chi connectivity index (χ2v) is 3.18. The highest BCUT2D eigenvalue weighted by Gasteiger charge is 2.00. The summed E-state index contributed by atoms with van der Waals surface area (Å²) in [4.78, 5) is 12.6. The van der Waals surface area contributed by atoms with Crippen LogP contribution in [0.15, 0.2) is 36.9 Å². The average molecular weight is 200 g/mol. The van der Waals surface area contributed by atoms with E-state index >= 15 is 0 Å². The van der Waals surface area contributed by atoms with E-state index in [1.54, 1.807) is 24.8 Å². The Kier molecular flexibility index (Phi) is 2.99. The number of hydrogen-bond acceptors (Lipinski definition) is 4. The molecule has 0 spiro atoms. The number of pyridine rings is 1. The molecule has 0 saturated carbocycles. The van der Waals surface area contributed by atoms with Crippen molar-refractivity contribution in [2.24, 2.45) is 5.73 Å². The predicted octanol–water partition coefficient (Wildman–Crippen LogP) is 1.04. The fraction of sp³-hybridized carbons (Fsp3) is 0.182. The van der Waals surface area contributed by atoms with Crippen LogP contribution >= 0.6 is 0 Å². The molecule has 2 aromatic heterocycles. The first-order chi connectivity index (χ1) is 7.40. The van der Waals surface area contributed by atoms with Crippen LogP contribution in [0.1, 0.15) is 5.69 Å². The zero-order chi connectivity index (χ0) is 10.5. The number of nitrogens with zero attached hydrogens (tertiary/aromatic N) is 3. The molecule has 0 amide bonds. The number of hydrogen-bond donors (Lipinski definition) is 1. The molecule has 0 aliphatic rings. The van der Waals surface area contributed by atoms with Crippen LogP contribution in [0.4, 0.5) is 0 Å². The average Bonchev–Trinajstić information content (AvgIpc) is 2.31. The van der Waals surface area contributed by atoms with Crippen LogP contribution in [0.5, 0.6) is 0 Å². The molecule has 0 aliphatic carbocycles. The maximum Gasteiger partial charge on any atom is 0.0903 e. The van der Waals surface area contributed by atoms with E-state index in [0.29, 0.717) is 6.54 Å². The Morgan fingerprint density at radius 2 is 2.07 bits per heavy atom. The molecule has 15 heavy (non-hydrogen) atoms. The van der Waals surface area contributed by atoms with Gasteiger partial charge in [0.05, 0.1) is 17.6 Å². The molecule has 0 aromatic carbocycles. The Labute approximate surface area is 88.2 Å². The minimum Gasteiger partial charge on any atom is -0.330 e. The summed E-state index contributed by atoms with van der Waals surface area (Å²) in [5, 5.41) is 0. The van der Waals surface area contributed by atoms with Crippen molar-refractivity contribution >= 4 is 0 Å². The lowest BCUT2D eigenvalue weighted by Gasteiger charge is -2.02. The van der Waals surface area contributed by atoms with E-state index < -0.39 is 0 Å². The number of nitrogens with two attached hydrogens (primary N) is 1. The van der Waals surface area contributed by atoms with Gasteiger partial charge in [0.15, 0.2) is 0 Å². The second-order valence-electron chi connectivity index (χ2n) is 3.18. The molecule has 4 nitrogen and oxygen atoms in total. The van der Waals surface area contributed by atoms with Crippen LogP contribution in [-0.2, 0) is 6.42 Å². The summed E-state index contributed by atoms with van der Waals surface area (Å²) in [6, 6.07) is 3.84. The second kappa shape index (κ2) is 4.61. The van der Waals surface area contributed by atoms with E-state index in [1.165, 1.54) is 0 Å². The van der Waals surface area contributed by atoms with Crippen molar-refractivity contribution < 1.29 is 0 Å². The highest BCUT2D eigenvalue weighted by atomic mass is 14.8. The van der Waals surface area contributed by atoms with Gasteiger partial charge in [-0.05, 0) is 18.7 Å². The molecule has 4 heteroatoms. The van der Waals surface area contributed by atoms with Crippen LogP contribution in [0.3, 0.4) is 0 Å². The number of aromatic nitrogens is 3. The molecule has 76 valence electrons. The summed E-state index contributed by atoms with van der Waals surface area (Å²) in [5.74, 6) is 0. The molecule has 2 N–H and O–H groups in total. The quantitative estimate of drug-likeness (QED) is 0.804. The van der Waals surface area contributed by atoms with Gasteiger partial charge in [-0.25, -0.2) is 4.98 Å². The zero-order valence-electron chi connectivity index (χ0n) is 8.30. The molecule has 0 fully saturated rings. The minimum atomic E-state index is 0.588. The first-order valence-electron chi connectivity index (χ1n) is 4.81. The van der Waals surface area contributed by atoms with Crippen molar-refractivity contribution in [3.63, 3.8) is 0 Å². The van der Waals surface area contributed by atoms with Crippen LogP contribution in [0.2, 0.25) is 0 Å². The molecule has 0 saturated heterocycles. The van der Waals surface area contributed by atoms with Crippen molar-refractivity contribution in [2.45, 2.75) is 6.42 Å². The van der Waals surface area contributed by atoms with Gasteiger partial charge >= 0.3 is 0 Å². The first-order valence-corrected chi connectivity index (χ1v) is 4.81. The smallest absolute Gasteiger partial charge is 0.0903 e. The van der Waals surface area contributed by atoms with Crippen molar-refractivity contribution in [1.82, 2.24) is 15.0 Å². The van der Waals surface area contributed by atoms with Crippen molar-refractivity contribution in [2.75, 3.05) is 6.54 Å². The van der Waals surface area contributed by atoms with Gasteiger partial charge < -0.3 is 5.73 Å². The molecule has 0 unspecified atom stereocenters. The SMILES string of the molecule is NCCc1cncc(-c2cccnc2)n1. The molecule has 0 atom stereocenters. The summed E-state index contributed by atoms with van der Waals surface area (Å²) in [7, 11) is 0. The van der Waals surface area contributed by atoms with E-state index in [9.17, 15) is 0 Å². The van der Waals surface area contributed by atoms with Gasteiger partial charge in [-0.3, -0.25) is 9.97 Å². The molecule has 2 aromatic rings. The number of rotatable bonds is 3. The zero-order valence-corrected chi connectivity index (χ0v) is 8.30. The molecule has 2 rings (SSSR count). The molecular weight excluding hydrogens is 188 g/mol. The lowest BCUT2D eigenvalue weighted by atomic mass is 10.2. The summed E-state index contributed by atoms with van der Waals surface area (Å²) >= 11 is 0. The van der Waals surface area contributed by atoms with E-state index in [0.717, 1.165) is 23.4 Å². The van der Waals surface area contributed by atoms with Crippen LogP contribution < -0.4 is 5.73 Å². The normalized spacial score (nSPS) is 10.2. The fourth-order valence-corrected chi connectivity index (χ4v) is 1.33. The maximum absolute atomic E-state index is 5.47.